The van der Waals surface area contributed by atoms with E-state index in [0.29, 0.717) is 12.8 Å². The number of hydrogen-bond acceptors (Lipinski definition) is 8. The van der Waals surface area contributed by atoms with Crippen LogP contribution in [0.3, 0.4) is 0 Å². The molecule has 0 saturated carbocycles. The average molecular weight is 1170 g/mol. The first-order valence-corrected chi connectivity index (χ1v) is 33.8. The minimum absolute atomic E-state index is 0.0396. The van der Waals surface area contributed by atoms with E-state index in [9.17, 15) is 19.0 Å². The van der Waals surface area contributed by atoms with Crippen molar-refractivity contribution in [1.82, 2.24) is 0 Å². The van der Waals surface area contributed by atoms with Crippen LogP contribution in [-0.4, -0.2) is 49.3 Å². The van der Waals surface area contributed by atoms with E-state index in [-0.39, 0.29) is 32.6 Å². The fraction of sp³-hybridized carbons (Fsp3) is 0.562. The quantitative estimate of drug-likeness (QED) is 0.0264. The van der Waals surface area contributed by atoms with E-state index in [0.717, 1.165) is 154 Å². The number of allylic oxidation sites excluding steroid dienone is 30. The van der Waals surface area contributed by atoms with Gasteiger partial charge in [0.15, 0.2) is 6.10 Å². The number of unbranched alkanes of at least 4 members (excludes halogenated alkanes) is 15. The van der Waals surface area contributed by atoms with E-state index >= 15 is 0 Å². The number of esters is 2. The van der Waals surface area contributed by atoms with Crippen LogP contribution in [-0.2, 0) is 32.7 Å². The summed E-state index contributed by atoms with van der Waals surface area (Å²) in [6, 6.07) is 0. The maximum atomic E-state index is 12.7. The van der Waals surface area contributed by atoms with E-state index in [1.54, 1.807) is 0 Å². The van der Waals surface area contributed by atoms with Crippen LogP contribution in [0.2, 0.25) is 0 Å². The van der Waals surface area contributed by atoms with Gasteiger partial charge in [0.25, 0.3) is 0 Å². The summed E-state index contributed by atoms with van der Waals surface area (Å²) < 4.78 is 33.1. The van der Waals surface area contributed by atoms with Gasteiger partial charge in [-0.3, -0.25) is 18.6 Å². The molecule has 0 aromatic rings. The Morgan fingerprint density at radius 3 is 0.928 bits per heavy atom. The highest BCUT2D eigenvalue weighted by Gasteiger charge is 2.26. The lowest BCUT2D eigenvalue weighted by Crippen LogP contribution is -2.29. The zero-order chi connectivity index (χ0) is 60.1. The first-order valence-electron chi connectivity index (χ1n) is 32.3. The third kappa shape index (κ3) is 66.1. The minimum Gasteiger partial charge on any atom is -0.462 e. The molecule has 0 amide bonds. The van der Waals surface area contributed by atoms with Crippen molar-refractivity contribution in [3.05, 3.63) is 182 Å². The molecule has 9 nitrogen and oxygen atoms in total. The summed E-state index contributed by atoms with van der Waals surface area (Å²) in [7, 11) is -4.41. The maximum Gasteiger partial charge on any atom is 0.472 e. The lowest BCUT2D eigenvalue weighted by molar-refractivity contribution is -0.161. The largest absolute Gasteiger partial charge is 0.472 e. The van der Waals surface area contributed by atoms with Crippen molar-refractivity contribution in [1.29, 1.82) is 0 Å². The molecule has 10 heteroatoms. The molecule has 3 N–H and O–H groups in total. The molecule has 0 heterocycles. The Kier molecular flexibility index (Phi) is 62.3. The second-order valence-electron chi connectivity index (χ2n) is 20.5. The van der Waals surface area contributed by atoms with Gasteiger partial charge in [-0.2, -0.15) is 0 Å². The van der Waals surface area contributed by atoms with Crippen LogP contribution < -0.4 is 5.73 Å². The van der Waals surface area contributed by atoms with Crippen LogP contribution >= 0.6 is 7.82 Å². The van der Waals surface area contributed by atoms with Crippen LogP contribution in [0.4, 0.5) is 0 Å². The van der Waals surface area contributed by atoms with Crippen LogP contribution in [0, 0.1) is 0 Å². The smallest absolute Gasteiger partial charge is 0.462 e. The van der Waals surface area contributed by atoms with Gasteiger partial charge in [0.05, 0.1) is 13.2 Å². The normalized spacial score (nSPS) is 14.2. The number of carbonyl (C=O) groups is 2. The molecule has 0 radical (unpaired) electrons. The highest BCUT2D eigenvalue weighted by molar-refractivity contribution is 7.47. The van der Waals surface area contributed by atoms with Gasteiger partial charge in [-0.05, 0) is 135 Å². The summed E-state index contributed by atoms with van der Waals surface area (Å²) in [5.74, 6) is -0.868. The van der Waals surface area contributed by atoms with E-state index in [1.807, 2.05) is 0 Å². The predicted molar refractivity (Wildman–Crippen MR) is 357 cm³/mol. The first-order chi connectivity index (χ1) is 40.8. The number of ether oxygens (including phenoxy) is 2. The number of nitrogens with two attached hydrogens (primary N) is 1. The summed E-state index contributed by atoms with van der Waals surface area (Å²) in [4.78, 5) is 35.3. The number of carbonyl (C=O) groups excluding carboxylic acids is 2. The molecule has 0 aliphatic carbocycles. The van der Waals surface area contributed by atoms with Gasteiger partial charge in [-0.15, -0.1) is 0 Å². The van der Waals surface area contributed by atoms with Gasteiger partial charge in [-0.1, -0.05) is 267 Å². The molecule has 0 aromatic carbocycles. The van der Waals surface area contributed by atoms with E-state index in [2.05, 4.69) is 196 Å². The van der Waals surface area contributed by atoms with E-state index < -0.39 is 32.5 Å². The Labute approximate surface area is 507 Å². The molecular formula is C73H116NO8P. The monoisotopic (exact) mass is 1170 g/mol. The first kappa shape index (κ1) is 78.1. The summed E-state index contributed by atoms with van der Waals surface area (Å²) >= 11 is 0. The molecule has 0 bridgehead atoms. The molecule has 83 heavy (non-hydrogen) atoms. The second kappa shape index (κ2) is 66.3. The summed E-state index contributed by atoms with van der Waals surface area (Å²) in [5, 5.41) is 0. The molecule has 2 atom stereocenters. The maximum absolute atomic E-state index is 12.7. The molecule has 0 spiro atoms. The molecule has 0 saturated heterocycles. The Hall–Kier alpha value is -4.89. The minimum atomic E-state index is -4.41. The van der Waals surface area contributed by atoms with Crippen LogP contribution in [0.25, 0.3) is 0 Å². The van der Waals surface area contributed by atoms with Crippen molar-refractivity contribution in [2.45, 2.75) is 238 Å². The zero-order valence-electron chi connectivity index (χ0n) is 52.1. The lowest BCUT2D eigenvalue weighted by Gasteiger charge is -2.19. The highest BCUT2D eigenvalue weighted by Crippen LogP contribution is 2.43. The number of phosphoric acid groups is 1. The summed E-state index contributed by atoms with van der Waals surface area (Å²) in [6.07, 6.45) is 99.5. The van der Waals surface area contributed by atoms with Gasteiger partial charge in [0, 0.05) is 19.4 Å². The van der Waals surface area contributed by atoms with Crippen molar-refractivity contribution in [3.8, 4) is 0 Å². The molecule has 0 aliphatic heterocycles. The number of hydrogen-bond donors (Lipinski definition) is 2. The fourth-order valence-corrected chi connectivity index (χ4v) is 8.87. The van der Waals surface area contributed by atoms with Crippen molar-refractivity contribution in [2.75, 3.05) is 26.4 Å². The van der Waals surface area contributed by atoms with Crippen LogP contribution in [0.15, 0.2) is 182 Å². The van der Waals surface area contributed by atoms with E-state index in [4.69, 9.17) is 24.3 Å². The molecule has 0 fully saturated rings. The van der Waals surface area contributed by atoms with E-state index in [1.165, 1.54) is 38.5 Å². The Morgan fingerprint density at radius 2 is 0.627 bits per heavy atom. The molecule has 0 aliphatic rings. The average Bonchev–Trinajstić information content (AvgIpc) is 3.48. The van der Waals surface area contributed by atoms with Gasteiger partial charge < -0.3 is 20.1 Å². The van der Waals surface area contributed by atoms with Crippen molar-refractivity contribution in [2.24, 2.45) is 5.73 Å². The zero-order valence-corrected chi connectivity index (χ0v) is 53.0. The van der Waals surface area contributed by atoms with Gasteiger partial charge in [0.1, 0.15) is 6.61 Å². The van der Waals surface area contributed by atoms with Gasteiger partial charge >= 0.3 is 19.8 Å². The van der Waals surface area contributed by atoms with Crippen LogP contribution in [0.1, 0.15) is 232 Å². The Balaban J connectivity index is 4.05. The molecule has 2 unspecified atom stereocenters. The van der Waals surface area contributed by atoms with Gasteiger partial charge in [-0.25, -0.2) is 4.57 Å². The Bertz CT molecular complexity index is 2010. The molecular weight excluding hydrogens is 1050 g/mol. The molecule has 0 aromatic heterocycles. The third-order valence-corrected chi connectivity index (χ3v) is 13.8. The SMILES string of the molecule is CC/C=C\C/C=C\C/C=C\C/C=C\C/C=C\C/C=C\C/C=C\C/C=C\CCCCCCCCCCCCC(=O)OC(COC(=O)CCCCCCC/C=C\C/C=C\C/C=C\C/C=C\C/C=C\C/C=C\C/C=C\CC)COP(=O)(O)OCCN. The van der Waals surface area contributed by atoms with Crippen molar-refractivity contribution < 1.29 is 37.6 Å². The highest BCUT2D eigenvalue weighted by atomic mass is 31.2. The number of rotatable bonds is 58. The lowest BCUT2D eigenvalue weighted by atomic mass is 10.0. The topological polar surface area (TPSA) is 134 Å². The van der Waals surface area contributed by atoms with Crippen molar-refractivity contribution >= 4 is 19.8 Å². The third-order valence-electron chi connectivity index (χ3n) is 12.8. The summed E-state index contributed by atoms with van der Waals surface area (Å²) in [6.45, 7) is 3.47. The van der Waals surface area contributed by atoms with Gasteiger partial charge in [0.2, 0.25) is 0 Å². The Morgan fingerprint density at radius 1 is 0.361 bits per heavy atom. The fourth-order valence-electron chi connectivity index (χ4n) is 8.10. The number of phosphoric ester groups is 1. The second-order valence-corrected chi connectivity index (χ2v) is 22.0. The molecule has 466 valence electrons. The predicted octanol–water partition coefficient (Wildman–Crippen LogP) is 21.2. The van der Waals surface area contributed by atoms with Crippen molar-refractivity contribution in [3.63, 3.8) is 0 Å². The molecule has 0 rings (SSSR count). The standard InChI is InChI=1S/C73H116NO8P/c1-3-5-7-9-11-13-15-17-19-21-23-25-27-29-31-32-33-34-35-36-37-38-40-42-44-46-48-50-52-54-56-58-60-62-64-66-73(76)82-71(70-81-83(77,78)80-68-67-74)69-79-72(75)65-63-61-59-57-55-53-51-49-47-45-43-41-39-30-28-26-24-22-20-18-16-14-12-10-8-6-4-2/h5-8,11-14,17-20,23-26,29-31,33-34,36-37,39-40,42-43,45,49,51,71H,3-4,9-10,15-16,21-22,27-28,32,35,38,41,44,46-48,50,52-70,74H2,1-2H3,(H,77,78)/b7-5-,8-6-,13-11-,14-12-,19-17-,20-18-,25-23-,26-24-,31-29-,34-33-,37-36-,39-30-,42-40-,45-43-,51-49-. The van der Waals surface area contributed by atoms with Crippen LogP contribution in [0.5, 0.6) is 0 Å². The summed E-state index contributed by atoms with van der Waals surface area (Å²) in [5.41, 5.74) is 5.39.